The lowest BCUT2D eigenvalue weighted by molar-refractivity contribution is -0.141. The van der Waals surface area contributed by atoms with E-state index in [1.54, 1.807) is 30.3 Å². The molecule has 0 spiro atoms. The number of hydrogen-bond acceptors (Lipinski definition) is 3. The fourth-order valence-corrected chi connectivity index (χ4v) is 3.50. The van der Waals surface area contributed by atoms with Gasteiger partial charge in [0.1, 0.15) is 0 Å². The SMILES string of the molecule is O=C(O)C(CC1CCCO1)(c1ccccc1)[PH](=O)O. The highest BCUT2D eigenvalue weighted by Crippen LogP contribution is 2.49. The van der Waals surface area contributed by atoms with Crippen molar-refractivity contribution in [3.05, 3.63) is 35.9 Å². The zero-order valence-electron chi connectivity index (χ0n) is 10.4. The summed E-state index contributed by atoms with van der Waals surface area (Å²) >= 11 is 0. The van der Waals surface area contributed by atoms with Crippen molar-refractivity contribution in [1.82, 2.24) is 0 Å². The minimum atomic E-state index is -3.30. The van der Waals surface area contributed by atoms with E-state index in [0.29, 0.717) is 12.2 Å². The largest absolute Gasteiger partial charge is 0.480 e. The molecule has 1 aromatic carbocycles. The number of ether oxygens (including phenoxy) is 1. The van der Waals surface area contributed by atoms with Crippen molar-refractivity contribution in [2.75, 3.05) is 6.61 Å². The Morgan fingerprint density at radius 1 is 1.42 bits per heavy atom. The van der Waals surface area contributed by atoms with Gasteiger partial charge >= 0.3 is 5.97 Å². The Bertz CT molecular complexity index is 453. The predicted octanol–water partition coefficient (Wildman–Crippen LogP) is 2.00. The number of benzene rings is 1. The second kappa shape index (κ2) is 5.87. The van der Waals surface area contributed by atoms with Gasteiger partial charge in [-0.25, -0.2) is 0 Å². The molecule has 5 nitrogen and oxygen atoms in total. The maximum atomic E-state index is 11.8. The average Bonchev–Trinajstić information content (AvgIpc) is 2.89. The van der Waals surface area contributed by atoms with Crippen molar-refractivity contribution in [1.29, 1.82) is 0 Å². The van der Waals surface area contributed by atoms with Gasteiger partial charge in [0.2, 0.25) is 8.03 Å². The molecule has 1 fully saturated rings. The first-order valence-electron chi connectivity index (χ1n) is 6.21. The third-order valence-corrected chi connectivity index (χ3v) is 4.99. The Hall–Kier alpha value is -1.16. The molecule has 1 saturated heterocycles. The highest BCUT2D eigenvalue weighted by atomic mass is 31.1. The summed E-state index contributed by atoms with van der Waals surface area (Å²) < 4.78 is 17.2. The normalized spacial score (nSPS) is 23.7. The van der Waals surface area contributed by atoms with Gasteiger partial charge in [-0.3, -0.25) is 9.36 Å². The maximum Gasteiger partial charge on any atom is 0.323 e. The fourth-order valence-electron chi connectivity index (χ4n) is 2.50. The topological polar surface area (TPSA) is 83.8 Å². The van der Waals surface area contributed by atoms with E-state index < -0.39 is 19.2 Å². The van der Waals surface area contributed by atoms with Crippen molar-refractivity contribution in [3.63, 3.8) is 0 Å². The Balaban J connectivity index is 2.41. The van der Waals surface area contributed by atoms with Crippen LogP contribution in [0.15, 0.2) is 30.3 Å². The molecule has 0 aliphatic carbocycles. The first-order valence-corrected chi connectivity index (χ1v) is 7.57. The first kappa shape index (κ1) is 14.3. The van der Waals surface area contributed by atoms with Gasteiger partial charge in [-0.15, -0.1) is 0 Å². The van der Waals surface area contributed by atoms with Gasteiger partial charge in [0.05, 0.1) is 6.10 Å². The van der Waals surface area contributed by atoms with Crippen LogP contribution in [0.2, 0.25) is 0 Å². The lowest BCUT2D eigenvalue weighted by atomic mass is 9.91. The molecule has 2 rings (SSSR count). The van der Waals surface area contributed by atoms with Crippen LogP contribution in [0.3, 0.4) is 0 Å². The van der Waals surface area contributed by atoms with Gasteiger partial charge in [0.25, 0.3) is 0 Å². The van der Waals surface area contributed by atoms with Crippen LogP contribution < -0.4 is 0 Å². The monoisotopic (exact) mass is 284 g/mol. The Kier molecular flexibility index (Phi) is 4.40. The number of carboxylic acid groups (broad SMARTS) is 1. The molecule has 1 aliphatic rings. The van der Waals surface area contributed by atoms with Gasteiger partial charge < -0.3 is 14.7 Å². The molecule has 6 heteroatoms. The van der Waals surface area contributed by atoms with Crippen molar-refractivity contribution in [3.8, 4) is 0 Å². The van der Waals surface area contributed by atoms with Crippen molar-refractivity contribution < 1.29 is 24.1 Å². The fraction of sp³-hybridized carbons (Fsp3) is 0.462. The summed E-state index contributed by atoms with van der Waals surface area (Å²) in [6, 6.07) is 8.27. The number of hydrogen-bond donors (Lipinski definition) is 2. The third-order valence-electron chi connectivity index (χ3n) is 3.55. The maximum absolute atomic E-state index is 11.8. The molecule has 1 heterocycles. The van der Waals surface area contributed by atoms with E-state index >= 15 is 0 Å². The standard InChI is InChI=1S/C13H17O5P/c14-12(15)13(19(16)17,9-11-7-4-8-18-11)10-5-2-1-3-6-10/h1-3,5-6,11,19H,4,7-9H2,(H,14,15)(H,16,17). The Morgan fingerprint density at radius 3 is 2.58 bits per heavy atom. The summed E-state index contributed by atoms with van der Waals surface area (Å²) in [5, 5.41) is 7.77. The van der Waals surface area contributed by atoms with Crippen LogP contribution in [-0.4, -0.2) is 28.7 Å². The van der Waals surface area contributed by atoms with E-state index in [0.717, 1.165) is 12.8 Å². The minimum Gasteiger partial charge on any atom is -0.480 e. The van der Waals surface area contributed by atoms with Crippen LogP contribution in [0.4, 0.5) is 0 Å². The van der Waals surface area contributed by atoms with E-state index in [1.807, 2.05) is 0 Å². The summed E-state index contributed by atoms with van der Waals surface area (Å²) in [7, 11) is -3.30. The molecular weight excluding hydrogens is 267 g/mol. The lowest BCUT2D eigenvalue weighted by Crippen LogP contribution is -2.36. The molecule has 3 unspecified atom stereocenters. The van der Waals surface area contributed by atoms with Crippen LogP contribution in [-0.2, 0) is 19.3 Å². The van der Waals surface area contributed by atoms with Crippen molar-refractivity contribution in [2.45, 2.75) is 30.5 Å². The molecule has 0 bridgehead atoms. The van der Waals surface area contributed by atoms with E-state index in [-0.39, 0.29) is 12.5 Å². The zero-order valence-corrected chi connectivity index (χ0v) is 11.4. The van der Waals surface area contributed by atoms with Crippen LogP contribution in [0.25, 0.3) is 0 Å². The highest BCUT2D eigenvalue weighted by molar-refractivity contribution is 7.41. The number of rotatable bonds is 5. The summed E-state index contributed by atoms with van der Waals surface area (Å²) in [6.45, 7) is 0.585. The number of carboxylic acids is 1. The molecule has 1 aliphatic heterocycles. The van der Waals surface area contributed by atoms with Gasteiger partial charge in [-0.05, 0) is 18.4 Å². The van der Waals surface area contributed by atoms with Gasteiger partial charge in [-0.2, -0.15) is 0 Å². The van der Waals surface area contributed by atoms with Crippen molar-refractivity contribution in [2.24, 2.45) is 0 Å². The minimum absolute atomic E-state index is 0.0423. The Morgan fingerprint density at radius 2 is 2.11 bits per heavy atom. The van der Waals surface area contributed by atoms with Crippen LogP contribution in [0, 0.1) is 0 Å². The third kappa shape index (κ3) is 2.73. The molecule has 0 radical (unpaired) electrons. The predicted molar refractivity (Wildman–Crippen MR) is 70.6 cm³/mol. The van der Waals surface area contributed by atoms with Gasteiger partial charge in [0.15, 0.2) is 5.16 Å². The lowest BCUT2D eigenvalue weighted by Gasteiger charge is -2.29. The van der Waals surface area contributed by atoms with Crippen LogP contribution >= 0.6 is 8.03 Å². The molecule has 0 aromatic heterocycles. The number of aliphatic carboxylic acids is 1. The molecule has 3 atom stereocenters. The quantitative estimate of drug-likeness (QED) is 0.808. The van der Waals surface area contributed by atoms with Crippen LogP contribution in [0.5, 0.6) is 0 Å². The summed E-state index contributed by atoms with van der Waals surface area (Å²) in [5.41, 5.74) is 0.365. The zero-order chi connectivity index (χ0) is 13.9. The van der Waals surface area contributed by atoms with Gasteiger partial charge in [-0.1, -0.05) is 30.3 Å². The molecule has 19 heavy (non-hydrogen) atoms. The van der Waals surface area contributed by atoms with Gasteiger partial charge in [0, 0.05) is 13.0 Å². The highest BCUT2D eigenvalue weighted by Gasteiger charge is 2.48. The molecule has 0 saturated carbocycles. The average molecular weight is 284 g/mol. The first-order chi connectivity index (χ1) is 9.07. The van der Waals surface area contributed by atoms with E-state index in [2.05, 4.69) is 0 Å². The van der Waals surface area contributed by atoms with Crippen LogP contribution in [0.1, 0.15) is 24.8 Å². The second-order valence-electron chi connectivity index (χ2n) is 4.72. The molecule has 1 aromatic rings. The van der Waals surface area contributed by atoms with E-state index in [1.165, 1.54) is 0 Å². The van der Waals surface area contributed by atoms with E-state index in [9.17, 15) is 19.4 Å². The molecular formula is C13H17O5P. The smallest absolute Gasteiger partial charge is 0.323 e. The second-order valence-corrected chi connectivity index (χ2v) is 6.18. The molecule has 0 amide bonds. The Labute approximate surface area is 112 Å². The summed E-state index contributed by atoms with van der Waals surface area (Å²) in [5.74, 6) is -1.26. The number of carbonyl (C=O) groups is 1. The summed E-state index contributed by atoms with van der Waals surface area (Å²) in [6.07, 6.45) is 1.37. The summed E-state index contributed by atoms with van der Waals surface area (Å²) in [4.78, 5) is 21.3. The van der Waals surface area contributed by atoms with Crippen molar-refractivity contribution >= 4 is 14.0 Å². The van der Waals surface area contributed by atoms with E-state index in [4.69, 9.17) is 4.74 Å². The molecule has 2 N–H and O–H groups in total. The molecule has 104 valence electrons.